The first-order chi connectivity index (χ1) is 16.3. The minimum absolute atomic E-state index is 0.196. The molecule has 3 aromatic heterocycles. The number of hydrogen-bond donors (Lipinski definition) is 2. The molecule has 9 heteroatoms. The molecule has 0 bridgehead atoms. The molecule has 0 saturated carbocycles. The molecule has 34 heavy (non-hydrogen) atoms. The predicted molar refractivity (Wildman–Crippen MR) is 133 cm³/mol. The van der Waals surface area contributed by atoms with Crippen molar-refractivity contribution in [1.29, 1.82) is 0 Å². The van der Waals surface area contributed by atoms with E-state index >= 15 is 0 Å². The van der Waals surface area contributed by atoms with Crippen molar-refractivity contribution in [2.45, 2.75) is 45.7 Å². The molecule has 0 unspecified atom stereocenters. The highest BCUT2D eigenvalue weighted by Gasteiger charge is 2.21. The molecule has 1 aliphatic heterocycles. The number of benzene rings is 1. The van der Waals surface area contributed by atoms with E-state index in [2.05, 4.69) is 60.1 Å². The zero-order chi connectivity index (χ0) is 23.9. The molecular formula is C25H28N8O. The number of hydrogen-bond acceptors (Lipinski definition) is 7. The van der Waals surface area contributed by atoms with Crippen LogP contribution in [0.2, 0.25) is 0 Å². The van der Waals surface area contributed by atoms with E-state index in [0.717, 1.165) is 30.9 Å². The van der Waals surface area contributed by atoms with Crippen molar-refractivity contribution >= 4 is 22.7 Å². The molecule has 0 spiro atoms. The molecule has 9 nitrogen and oxygen atoms in total. The molecule has 0 fully saturated rings. The summed E-state index contributed by atoms with van der Waals surface area (Å²) in [5.74, 6) is 0.923. The Morgan fingerprint density at radius 3 is 2.82 bits per heavy atom. The molecule has 2 N–H and O–H groups in total. The zero-order valence-corrected chi connectivity index (χ0v) is 19.7. The van der Waals surface area contributed by atoms with E-state index in [-0.39, 0.29) is 11.0 Å². The molecular weight excluding hydrogens is 428 g/mol. The molecule has 5 rings (SSSR count). The molecule has 0 amide bonds. The quantitative estimate of drug-likeness (QED) is 0.445. The van der Waals surface area contributed by atoms with Crippen molar-refractivity contribution in [3.8, 4) is 5.82 Å². The second-order valence-corrected chi connectivity index (χ2v) is 9.47. The first kappa shape index (κ1) is 22.0. The highest BCUT2D eigenvalue weighted by Crippen LogP contribution is 2.24. The van der Waals surface area contributed by atoms with Gasteiger partial charge in [0.1, 0.15) is 5.39 Å². The second kappa shape index (κ2) is 8.49. The van der Waals surface area contributed by atoms with Crippen LogP contribution in [0.25, 0.3) is 16.9 Å². The summed E-state index contributed by atoms with van der Waals surface area (Å²) < 4.78 is 3.25. The van der Waals surface area contributed by atoms with Gasteiger partial charge in [-0.05, 0) is 36.2 Å². The van der Waals surface area contributed by atoms with Gasteiger partial charge in [0.15, 0.2) is 11.5 Å². The molecule has 4 aromatic rings. The van der Waals surface area contributed by atoms with Gasteiger partial charge in [0.05, 0.1) is 18.4 Å². The summed E-state index contributed by atoms with van der Waals surface area (Å²) >= 11 is 0. The van der Waals surface area contributed by atoms with Crippen LogP contribution in [0.3, 0.4) is 0 Å². The SMILES string of the molecule is C=CCn1c(=O)c2cnc(Nc3ccc4c(c3)CNCC4)nc2n1-c1cncc(C(C)(C)C)n1. The number of anilines is 2. The molecule has 0 aliphatic carbocycles. The Bertz CT molecular complexity index is 1440. The molecule has 1 aromatic carbocycles. The van der Waals surface area contributed by atoms with Gasteiger partial charge in [-0.2, -0.15) is 4.98 Å². The minimum atomic E-state index is -0.204. The average Bonchev–Trinajstić information content (AvgIpc) is 3.10. The molecule has 174 valence electrons. The minimum Gasteiger partial charge on any atom is -0.324 e. The van der Waals surface area contributed by atoms with Crippen molar-refractivity contribution in [2.75, 3.05) is 11.9 Å². The monoisotopic (exact) mass is 456 g/mol. The van der Waals surface area contributed by atoms with Gasteiger partial charge in [-0.3, -0.25) is 9.78 Å². The Morgan fingerprint density at radius 2 is 2.03 bits per heavy atom. The van der Waals surface area contributed by atoms with E-state index in [1.807, 2.05) is 6.07 Å². The first-order valence-electron chi connectivity index (χ1n) is 11.4. The van der Waals surface area contributed by atoms with Crippen LogP contribution in [-0.2, 0) is 24.9 Å². The van der Waals surface area contributed by atoms with Crippen LogP contribution in [0.15, 0.2) is 54.2 Å². The summed E-state index contributed by atoms with van der Waals surface area (Å²) in [6.07, 6.45) is 7.64. The lowest BCUT2D eigenvalue weighted by Crippen LogP contribution is -2.23. The van der Waals surface area contributed by atoms with Crippen molar-refractivity contribution in [2.24, 2.45) is 0 Å². The van der Waals surface area contributed by atoms with Crippen LogP contribution in [0.5, 0.6) is 0 Å². The van der Waals surface area contributed by atoms with Gasteiger partial charge >= 0.3 is 0 Å². The average molecular weight is 457 g/mol. The maximum Gasteiger partial charge on any atom is 0.278 e. The lowest BCUT2D eigenvalue weighted by molar-refractivity contribution is 0.550. The second-order valence-electron chi connectivity index (χ2n) is 9.47. The summed E-state index contributed by atoms with van der Waals surface area (Å²) in [4.78, 5) is 31.5. The first-order valence-corrected chi connectivity index (χ1v) is 11.4. The number of aromatic nitrogens is 6. The molecule has 0 saturated heterocycles. The Hall–Kier alpha value is -3.85. The van der Waals surface area contributed by atoms with Crippen LogP contribution in [-0.4, -0.2) is 35.8 Å². The maximum absolute atomic E-state index is 13.2. The fourth-order valence-corrected chi connectivity index (χ4v) is 4.12. The summed E-state index contributed by atoms with van der Waals surface area (Å²) in [7, 11) is 0. The molecule has 1 aliphatic rings. The summed E-state index contributed by atoms with van der Waals surface area (Å²) in [5.41, 5.74) is 4.40. The van der Waals surface area contributed by atoms with E-state index < -0.39 is 0 Å². The summed E-state index contributed by atoms with van der Waals surface area (Å²) in [6.45, 7) is 12.2. The third kappa shape index (κ3) is 3.99. The van der Waals surface area contributed by atoms with Gasteiger partial charge in [0.2, 0.25) is 5.95 Å². The number of fused-ring (bicyclic) bond motifs is 2. The number of nitrogens with zero attached hydrogens (tertiary/aromatic N) is 6. The van der Waals surface area contributed by atoms with Crippen molar-refractivity contribution in [1.82, 2.24) is 34.6 Å². The van der Waals surface area contributed by atoms with Crippen LogP contribution in [0.1, 0.15) is 37.6 Å². The lowest BCUT2D eigenvalue weighted by Gasteiger charge is -2.19. The smallest absolute Gasteiger partial charge is 0.278 e. The lowest BCUT2D eigenvalue weighted by atomic mass is 9.93. The van der Waals surface area contributed by atoms with E-state index in [9.17, 15) is 4.79 Å². The van der Waals surface area contributed by atoms with Crippen molar-refractivity contribution in [3.63, 3.8) is 0 Å². The van der Waals surface area contributed by atoms with Crippen LogP contribution < -0.4 is 16.2 Å². The van der Waals surface area contributed by atoms with Gasteiger partial charge in [-0.25, -0.2) is 19.3 Å². The fraction of sp³-hybridized carbons (Fsp3) is 0.320. The Balaban J connectivity index is 1.62. The molecule has 0 radical (unpaired) electrons. The summed E-state index contributed by atoms with van der Waals surface area (Å²) in [6, 6.07) is 6.29. The van der Waals surface area contributed by atoms with E-state index in [1.165, 1.54) is 11.1 Å². The Kier molecular flexibility index (Phi) is 5.49. The van der Waals surface area contributed by atoms with E-state index in [1.54, 1.807) is 34.0 Å². The highest BCUT2D eigenvalue weighted by molar-refractivity contribution is 5.77. The van der Waals surface area contributed by atoms with Gasteiger partial charge in [-0.1, -0.05) is 32.9 Å². The Labute approximate surface area is 197 Å². The normalized spacial score (nSPS) is 13.6. The predicted octanol–water partition coefficient (Wildman–Crippen LogP) is 3.25. The molecule has 4 heterocycles. The van der Waals surface area contributed by atoms with Gasteiger partial charge in [0, 0.05) is 30.0 Å². The third-order valence-corrected chi connectivity index (χ3v) is 5.93. The molecule has 0 atom stereocenters. The van der Waals surface area contributed by atoms with E-state index in [0.29, 0.717) is 29.3 Å². The topological polar surface area (TPSA) is 103 Å². The van der Waals surface area contributed by atoms with Crippen molar-refractivity contribution < 1.29 is 0 Å². The summed E-state index contributed by atoms with van der Waals surface area (Å²) in [5, 5.41) is 7.09. The number of nitrogens with one attached hydrogen (secondary N) is 2. The third-order valence-electron chi connectivity index (χ3n) is 5.93. The van der Waals surface area contributed by atoms with Crippen LogP contribution in [0, 0.1) is 0 Å². The Morgan fingerprint density at radius 1 is 1.18 bits per heavy atom. The highest BCUT2D eigenvalue weighted by atomic mass is 16.1. The van der Waals surface area contributed by atoms with Crippen molar-refractivity contribution in [3.05, 3.63) is 76.6 Å². The maximum atomic E-state index is 13.2. The van der Waals surface area contributed by atoms with Gasteiger partial charge in [-0.15, -0.1) is 6.58 Å². The van der Waals surface area contributed by atoms with E-state index in [4.69, 9.17) is 9.97 Å². The zero-order valence-electron chi connectivity index (χ0n) is 19.7. The number of allylic oxidation sites excluding steroid dienone is 1. The largest absolute Gasteiger partial charge is 0.324 e. The standard InChI is InChI=1S/C25H28N8O/c1-5-10-32-23(34)19-13-28-24(29-18-7-6-16-8-9-26-12-17(16)11-18)31-22(19)33(32)21-15-27-14-20(30-21)25(2,3)4/h5-7,11,13-15,26H,1,8-10,12H2,2-4H3,(H,28,29,31). The van der Waals surface area contributed by atoms with Gasteiger partial charge < -0.3 is 10.6 Å². The fourth-order valence-electron chi connectivity index (χ4n) is 4.12. The number of rotatable bonds is 5. The van der Waals surface area contributed by atoms with Crippen LogP contribution >= 0.6 is 0 Å². The van der Waals surface area contributed by atoms with Crippen LogP contribution in [0.4, 0.5) is 11.6 Å². The van der Waals surface area contributed by atoms with Gasteiger partial charge in [0.25, 0.3) is 5.56 Å².